The molecule has 15 heavy (non-hydrogen) atoms. The highest BCUT2D eigenvalue weighted by Gasteiger charge is 2.23. The van der Waals surface area contributed by atoms with Crippen molar-refractivity contribution < 1.29 is 13.2 Å². The molecule has 0 spiro atoms. The van der Waals surface area contributed by atoms with Crippen LogP contribution in [-0.2, 0) is 10.0 Å². The van der Waals surface area contributed by atoms with E-state index in [2.05, 4.69) is 10.6 Å². The summed E-state index contributed by atoms with van der Waals surface area (Å²) in [5.74, 6) is -0.0713. The van der Waals surface area contributed by atoms with Crippen LogP contribution in [-0.4, -0.2) is 51.2 Å². The molecule has 6 nitrogen and oxygen atoms in total. The molecule has 0 radical (unpaired) electrons. The number of amides is 2. The maximum absolute atomic E-state index is 11.3. The molecule has 0 heterocycles. The highest BCUT2D eigenvalue weighted by Crippen LogP contribution is 2.18. The fraction of sp³-hybridized carbons (Fsp3) is 0.875. The maximum Gasteiger partial charge on any atom is 0.315 e. The van der Waals surface area contributed by atoms with Crippen LogP contribution in [0.4, 0.5) is 4.79 Å². The van der Waals surface area contributed by atoms with Crippen LogP contribution in [0.2, 0.25) is 0 Å². The zero-order valence-electron chi connectivity index (χ0n) is 8.99. The molecule has 2 N–H and O–H groups in total. The minimum absolute atomic E-state index is 0.0713. The molecule has 0 atom stereocenters. The predicted molar refractivity (Wildman–Crippen MR) is 57.0 cm³/mol. The van der Waals surface area contributed by atoms with Crippen LogP contribution in [0.5, 0.6) is 0 Å². The van der Waals surface area contributed by atoms with Crippen molar-refractivity contribution >= 4 is 16.1 Å². The third kappa shape index (κ3) is 4.48. The minimum Gasteiger partial charge on any atom is -0.337 e. The molecule has 7 heteroatoms. The number of hydrogen-bond acceptors (Lipinski definition) is 3. The Labute approximate surface area is 90.1 Å². The minimum atomic E-state index is -3.22. The van der Waals surface area contributed by atoms with Gasteiger partial charge in [0.25, 0.3) is 0 Å². The van der Waals surface area contributed by atoms with Gasteiger partial charge in [-0.25, -0.2) is 17.5 Å². The van der Waals surface area contributed by atoms with E-state index in [1.54, 1.807) is 0 Å². The third-order valence-electron chi connectivity index (χ3n) is 2.11. The summed E-state index contributed by atoms with van der Waals surface area (Å²) in [6, 6.07) is 0.00177. The fourth-order valence-corrected chi connectivity index (χ4v) is 1.67. The van der Waals surface area contributed by atoms with E-state index < -0.39 is 10.0 Å². The second kappa shape index (κ2) is 4.80. The number of carbonyl (C=O) groups excluding carboxylic acids is 1. The van der Waals surface area contributed by atoms with Gasteiger partial charge in [0.05, 0.1) is 5.75 Å². The molecule has 0 aromatic carbocycles. The zero-order valence-corrected chi connectivity index (χ0v) is 9.80. The van der Waals surface area contributed by atoms with Crippen molar-refractivity contribution in [3.05, 3.63) is 0 Å². The first-order valence-electron chi connectivity index (χ1n) is 4.86. The fourth-order valence-electron chi connectivity index (χ4n) is 0.940. The van der Waals surface area contributed by atoms with E-state index in [0.717, 1.165) is 17.1 Å². The second-order valence-electron chi connectivity index (χ2n) is 3.77. The van der Waals surface area contributed by atoms with Crippen LogP contribution < -0.4 is 10.6 Å². The highest BCUT2D eigenvalue weighted by atomic mass is 32.2. The van der Waals surface area contributed by atoms with Crippen molar-refractivity contribution in [2.75, 3.05) is 26.4 Å². The summed E-state index contributed by atoms with van der Waals surface area (Å²) in [6.07, 6.45) is 2.03. The Morgan fingerprint density at radius 3 is 2.47 bits per heavy atom. The van der Waals surface area contributed by atoms with Gasteiger partial charge >= 0.3 is 6.03 Å². The summed E-state index contributed by atoms with van der Waals surface area (Å²) in [7, 11) is -0.272. The van der Waals surface area contributed by atoms with Crippen molar-refractivity contribution in [1.82, 2.24) is 14.9 Å². The summed E-state index contributed by atoms with van der Waals surface area (Å²) in [4.78, 5) is 11.1. The van der Waals surface area contributed by atoms with Gasteiger partial charge in [0.15, 0.2) is 0 Å². The number of carbonyl (C=O) groups is 1. The van der Waals surface area contributed by atoms with Gasteiger partial charge in [0.2, 0.25) is 10.0 Å². The Morgan fingerprint density at radius 1 is 1.40 bits per heavy atom. The van der Waals surface area contributed by atoms with Crippen LogP contribution >= 0.6 is 0 Å². The smallest absolute Gasteiger partial charge is 0.315 e. The summed E-state index contributed by atoms with van der Waals surface area (Å²) < 4.78 is 23.7. The molecule has 1 fully saturated rings. The molecular weight excluding hydrogens is 218 g/mol. The van der Waals surface area contributed by atoms with Crippen molar-refractivity contribution in [3.63, 3.8) is 0 Å². The first kappa shape index (κ1) is 12.3. The molecule has 88 valence electrons. The number of sulfonamides is 1. The van der Waals surface area contributed by atoms with Gasteiger partial charge in [0.1, 0.15) is 0 Å². The monoisotopic (exact) mass is 235 g/mol. The highest BCUT2D eigenvalue weighted by molar-refractivity contribution is 7.89. The SMILES string of the molecule is CN(C)S(=O)(=O)CCNC(=O)NC1CC1. The topological polar surface area (TPSA) is 78.5 Å². The van der Waals surface area contributed by atoms with Crippen molar-refractivity contribution in [2.24, 2.45) is 0 Å². The molecule has 1 aliphatic carbocycles. The maximum atomic E-state index is 11.3. The molecule has 0 unspecified atom stereocenters. The number of urea groups is 1. The summed E-state index contributed by atoms with van der Waals surface area (Å²) in [5, 5.41) is 5.22. The van der Waals surface area contributed by atoms with Crippen LogP contribution in [0, 0.1) is 0 Å². The first-order chi connectivity index (χ1) is 6.92. The lowest BCUT2D eigenvalue weighted by atomic mass is 10.6. The Morgan fingerprint density at radius 2 is 2.00 bits per heavy atom. The molecule has 0 saturated heterocycles. The first-order valence-corrected chi connectivity index (χ1v) is 6.47. The van der Waals surface area contributed by atoms with Crippen LogP contribution in [0.15, 0.2) is 0 Å². The van der Waals surface area contributed by atoms with Gasteiger partial charge < -0.3 is 10.6 Å². The Hall–Kier alpha value is -0.820. The molecule has 1 saturated carbocycles. The van der Waals surface area contributed by atoms with Crippen molar-refractivity contribution in [2.45, 2.75) is 18.9 Å². The zero-order chi connectivity index (χ0) is 11.5. The van der Waals surface area contributed by atoms with Gasteiger partial charge in [0, 0.05) is 26.7 Å². The van der Waals surface area contributed by atoms with Crippen LogP contribution in [0.3, 0.4) is 0 Å². The molecule has 0 aromatic heterocycles. The molecular formula is C8H17N3O3S. The van der Waals surface area contributed by atoms with E-state index >= 15 is 0 Å². The summed E-state index contributed by atoms with van der Waals surface area (Å²) in [5.41, 5.74) is 0. The molecule has 0 aromatic rings. The number of hydrogen-bond donors (Lipinski definition) is 2. The Kier molecular flexibility index (Phi) is 3.92. The van der Waals surface area contributed by atoms with Crippen molar-refractivity contribution in [1.29, 1.82) is 0 Å². The largest absolute Gasteiger partial charge is 0.337 e. The van der Waals surface area contributed by atoms with E-state index in [1.807, 2.05) is 0 Å². The Bertz CT molecular complexity index is 322. The molecule has 2 amide bonds. The van der Waals surface area contributed by atoms with E-state index in [0.29, 0.717) is 0 Å². The van der Waals surface area contributed by atoms with E-state index in [4.69, 9.17) is 0 Å². The lowest BCUT2D eigenvalue weighted by Gasteiger charge is -2.11. The predicted octanol–water partition coefficient (Wildman–Crippen LogP) is -0.661. The average molecular weight is 235 g/mol. The quantitative estimate of drug-likeness (QED) is 0.664. The number of nitrogens with zero attached hydrogens (tertiary/aromatic N) is 1. The summed E-state index contributed by atoms with van der Waals surface area (Å²) >= 11 is 0. The van der Waals surface area contributed by atoms with Gasteiger partial charge in [-0.05, 0) is 12.8 Å². The van der Waals surface area contributed by atoms with Crippen LogP contribution in [0.25, 0.3) is 0 Å². The Balaban J connectivity index is 2.17. The lowest BCUT2D eigenvalue weighted by molar-refractivity contribution is 0.241. The second-order valence-corrected chi connectivity index (χ2v) is 6.08. The van der Waals surface area contributed by atoms with Gasteiger partial charge in [-0.2, -0.15) is 0 Å². The van der Waals surface area contributed by atoms with Crippen molar-refractivity contribution in [3.8, 4) is 0 Å². The van der Waals surface area contributed by atoms with Crippen LogP contribution in [0.1, 0.15) is 12.8 Å². The molecule has 0 aliphatic heterocycles. The number of rotatable bonds is 5. The third-order valence-corrected chi connectivity index (χ3v) is 3.95. The van der Waals surface area contributed by atoms with Gasteiger partial charge in [-0.1, -0.05) is 0 Å². The van der Waals surface area contributed by atoms with Gasteiger partial charge in [-0.15, -0.1) is 0 Å². The molecule has 0 bridgehead atoms. The van der Waals surface area contributed by atoms with Gasteiger partial charge in [-0.3, -0.25) is 0 Å². The summed E-state index contributed by atoms with van der Waals surface area (Å²) in [6.45, 7) is 0.138. The normalized spacial score (nSPS) is 16.5. The average Bonchev–Trinajstić information content (AvgIpc) is 2.87. The van der Waals surface area contributed by atoms with E-state index in [9.17, 15) is 13.2 Å². The van der Waals surface area contributed by atoms with E-state index in [-0.39, 0.29) is 24.4 Å². The molecule has 1 rings (SSSR count). The number of nitrogens with one attached hydrogen (secondary N) is 2. The lowest BCUT2D eigenvalue weighted by Crippen LogP contribution is -2.40. The molecule has 1 aliphatic rings. The van der Waals surface area contributed by atoms with E-state index in [1.165, 1.54) is 14.1 Å². The standard InChI is InChI=1S/C8H17N3O3S/c1-11(2)15(13,14)6-5-9-8(12)10-7-3-4-7/h7H,3-6H2,1-2H3,(H2,9,10,12).